The Hall–Kier alpha value is -0.610. The van der Waals surface area contributed by atoms with E-state index in [4.69, 9.17) is 23.2 Å². The monoisotopic (exact) mass is 273 g/mol. The number of likely N-dealkylation sites (tertiary alicyclic amines) is 1. The van der Waals surface area contributed by atoms with Crippen molar-refractivity contribution < 1.29 is 9.90 Å². The Labute approximate surface area is 110 Å². The molecule has 1 atom stereocenters. The molecule has 1 aromatic rings. The maximum Gasteiger partial charge on any atom is 0.178 e. The summed E-state index contributed by atoms with van der Waals surface area (Å²) in [4.78, 5) is 13.9. The molecule has 1 N–H and O–H groups in total. The molecule has 1 aromatic carbocycles. The highest BCUT2D eigenvalue weighted by Gasteiger charge is 2.23. The molecular weight excluding hydrogens is 261 g/mol. The topological polar surface area (TPSA) is 40.5 Å². The smallest absolute Gasteiger partial charge is 0.178 e. The van der Waals surface area contributed by atoms with Crippen LogP contribution in [0.25, 0.3) is 0 Å². The minimum absolute atomic E-state index is 0.0410. The summed E-state index contributed by atoms with van der Waals surface area (Å²) in [5, 5.41) is 10.3. The lowest BCUT2D eigenvalue weighted by Gasteiger charge is -2.14. The summed E-state index contributed by atoms with van der Waals surface area (Å²) in [6.45, 7) is 1.59. The number of hydrogen-bond acceptors (Lipinski definition) is 3. The van der Waals surface area contributed by atoms with Crippen LogP contribution in [0.15, 0.2) is 18.2 Å². The zero-order valence-electron chi connectivity index (χ0n) is 9.20. The lowest BCUT2D eigenvalue weighted by Crippen LogP contribution is -2.28. The van der Waals surface area contributed by atoms with Crippen LogP contribution in [0.2, 0.25) is 10.0 Å². The third-order valence-electron chi connectivity index (χ3n) is 2.85. The Bertz CT molecular complexity index is 437. The number of carbonyl (C=O) groups is 1. The zero-order valence-corrected chi connectivity index (χ0v) is 10.7. The van der Waals surface area contributed by atoms with Gasteiger partial charge in [-0.3, -0.25) is 9.69 Å². The van der Waals surface area contributed by atoms with Gasteiger partial charge in [0.05, 0.1) is 17.7 Å². The first kappa shape index (κ1) is 12.8. The highest BCUT2D eigenvalue weighted by atomic mass is 35.5. The fourth-order valence-corrected chi connectivity index (χ4v) is 2.47. The quantitative estimate of drug-likeness (QED) is 0.859. The lowest BCUT2D eigenvalue weighted by molar-refractivity contribution is 0.0935. The molecule has 3 nitrogen and oxygen atoms in total. The van der Waals surface area contributed by atoms with E-state index in [-0.39, 0.29) is 11.9 Å². The molecule has 0 radical (unpaired) electrons. The number of aliphatic hydroxyl groups is 1. The third-order valence-corrected chi connectivity index (χ3v) is 3.39. The Morgan fingerprint density at radius 1 is 1.47 bits per heavy atom. The molecule has 0 saturated carbocycles. The van der Waals surface area contributed by atoms with Crippen LogP contribution in [-0.2, 0) is 0 Å². The average Bonchev–Trinajstić information content (AvgIpc) is 2.63. The molecular formula is C12H13Cl2NO2. The van der Waals surface area contributed by atoms with Crippen molar-refractivity contribution in [2.24, 2.45) is 0 Å². The van der Waals surface area contributed by atoms with Crippen molar-refractivity contribution in [3.8, 4) is 0 Å². The van der Waals surface area contributed by atoms with E-state index in [1.165, 1.54) is 0 Å². The highest BCUT2D eigenvalue weighted by molar-refractivity contribution is 6.36. The number of halogens is 2. The number of Topliss-reactive ketones (excluding diaryl/α,β-unsaturated/α-hetero) is 1. The van der Waals surface area contributed by atoms with Gasteiger partial charge in [0.1, 0.15) is 0 Å². The summed E-state index contributed by atoms with van der Waals surface area (Å²) in [7, 11) is 0. The number of ketones is 1. The molecule has 0 spiro atoms. The molecule has 1 heterocycles. The van der Waals surface area contributed by atoms with E-state index in [9.17, 15) is 9.90 Å². The third kappa shape index (κ3) is 3.19. The minimum atomic E-state index is -0.316. The van der Waals surface area contributed by atoms with Crippen molar-refractivity contribution in [3.63, 3.8) is 0 Å². The van der Waals surface area contributed by atoms with E-state index >= 15 is 0 Å². The molecule has 0 amide bonds. The van der Waals surface area contributed by atoms with E-state index < -0.39 is 0 Å². The van der Waals surface area contributed by atoms with Crippen LogP contribution in [-0.4, -0.2) is 41.5 Å². The van der Waals surface area contributed by atoms with E-state index in [1.807, 2.05) is 4.90 Å². The maximum atomic E-state index is 12.0. The first-order chi connectivity index (χ1) is 8.06. The number of nitrogens with zero attached hydrogens (tertiary/aromatic N) is 1. The van der Waals surface area contributed by atoms with Gasteiger partial charge >= 0.3 is 0 Å². The van der Waals surface area contributed by atoms with Gasteiger partial charge in [0.2, 0.25) is 0 Å². The van der Waals surface area contributed by atoms with Crippen LogP contribution in [0, 0.1) is 0 Å². The second-order valence-electron chi connectivity index (χ2n) is 4.22. The van der Waals surface area contributed by atoms with Crippen molar-refractivity contribution in [3.05, 3.63) is 33.8 Å². The standard InChI is InChI=1S/C12H13Cl2NO2/c13-8-1-2-10(11(14)5-8)12(17)7-15-4-3-9(16)6-15/h1-2,5,9,16H,3-4,6-7H2/t9-/m1/s1. The second kappa shape index (κ2) is 5.36. The van der Waals surface area contributed by atoms with E-state index in [1.54, 1.807) is 18.2 Å². The number of aliphatic hydroxyl groups excluding tert-OH is 1. The van der Waals surface area contributed by atoms with Crippen LogP contribution in [0.3, 0.4) is 0 Å². The van der Waals surface area contributed by atoms with Gasteiger partial charge in [-0.05, 0) is 24.6 Å². The highest BCUT2D eigenvalue weighted by Crippen LogP contribution is 2.22. The molecule has 1 aliphatic rings. The molecule has 1 saturated heterocycles. The summed E-state index contributed by atoms with van der Waals surface area (Å²) in [5.74, 6) is -0.0410. The molecule has 0 unspecified atom stereocenters. The van der Waals surface area contributed by atoms with Crippen LogP contribution in [0.5, 0.6) is 0 Å². The largest absolute Gasteiger partial charge is 0.392 e. The van der Waals surface area contributed by atoms with Crippen LogP contribution in [0.1, 0.15) is 16.8 Å². The van der Waals surface area contributed by atoms with Crippen LogP contribution >= 0.6 is 23.2 Å². The fraction of sp³-hybridized carbons (Fsp3) is 0.417. The van der Waals surface area contributed by atoms with E-state index in [0.29, 0.717) is 28.7 Å². The SMILES string of the molecule is O=C(CN1CC[C@@H](O)C1)c1ccc(Cl)cc1Cl. The minimum Gasteiger partial charge on any atom is -0.392 e. The molecule has 0 aliphatic carbocycles. The van der Waals surface area contributed by atoms with Gasteiger partial charge in [0.25, 0.3) is 0 Å². The Balaban J connectivity index is 2.04. The zero-order chi connectivity index (χ0) is 12.4. The molecule has 2 rings (SSSR count). The van der Waals surface area contributed by atoms with Crippen molar-refractivity contribution in [2.75, 3.05) is 19.6 Å². The van der Waals surface area contributed by atoms with Gasteiger partial charge in [-0.15, -0.1) is 0 Å². The maximum absolute atomic E-state index is 12.0. The summed E-state index contributed by atoms with van der Waals surface area (Å²) < 4.78 is 0. The first-order valence-corrected chi connectivity index (χ1v) is 6.20. The summed E-state index contributed by atoms with van der Waals surface area (Å²) in [6, 6.07) is 4.86. The number of benzene rings is 1. The molecule has 0 aromatic heterocycles. The summed E-state index contributed by atoms with van der Waals surface area (Å²) >= 11 is 11.7. The van der Waals surface area contributed by atoms with Crippen molar-refractivity contribution >= 4 is 29.0 Å². The molecule has 92 valence electrons. The van der Waals surface area contributed by atoms with Gasteiger partial charge in [-0.1, -0.05) is 23.2 Å². The van der Waals surface area contributed by atoms with Crippen molar-refractivity contribution in [1.82, 2.24) is 4.90 Å². The second-order valence-corrected chi connectivity index (χ2v) is 5.07. The first-order valence-electron chi connectivity index (χ1n) is 5.45. The average molecular weight is 274 g/mol. The predicted molar refractivity (Wildman–Crippen MR) is 67.9 cm³/mol. The van der Waals surface area contributed by atoms with Crippen LogP contribution in [0.4, 0.5) is 0 Å². The van der Waals surface area contributed by atoms with Crippen molar-refractivity contribution in [1.29, 1.82) is 0 Å². The summed E-state index contributed by atoms with van der Waals surface area (Å²) in [5.41, 5.74) is 0.484. The molecule has 5 heteroatoms. The van der Waals surface area contributed by atoms with Crippen molar-refractivity contribution in [2.45, 2.75) is 12.5 Å². The van der Waals surface area contributed by atoms with Gasteiger partial charge in [0, 0.05) is 23.7 Å². The Kier molecular flexibility index (Phi) is 4.05. The van der Waals surface area contributed by atoms with E-state index in [2.05, 4.69) is 0 Å². The van der Waals surface area contributed by atoms with E-state index in [0.717, 1.165) is 13.0 Å². The number of rotatable bonds is 3. The Morgan fingerprint density at radius 2 is 2.24 bits per heavy atom. The van der Waals surface area contributed by atoms with Gasteiger partial charge in [-0.25, -0.2) is 0 Å². The number of hydrogen-bond donors (Lipinski definition) is 1. The lowest BCUT2D eigenvalue weighted by atomic mass is 10.1. The van der Waals surface area contributed by atoms with Gasteiger partial charge < -0.3 is 5.11 Å². The predicted octanol–water partition coefficient (Wildman–Crippen LogP) is 2.24. The fourth-order valence-electron chi connectivity index (χ4n) is 1.96. The Morgan fingerprint density at radius 3 is 2.82 bits per heavy atom. The molecule has 17 heavy (non-hydrogen) atoms. The van der Waals surface area contributed by atoms with Crippen LogP contribution < -0.4 is 0 Å². The van der Waals surface area contributed by atoms with Gasteiger partial charge in [0.15, 0.2) is 5.78 Å². The number of carbonyl (C=O) groups excluding carboxylic acids is 1. The number of β-amino-alcohol motifs (C(OH)–C–C–N with tert-alkyl or cyclic N) is 1. The molecule has 1 aliphatic heterocycles. The molecule has 1 fully saturated rings. The van der Waals surface area contributed by atoms with Gasteiger partial charge in [-0.2, -0.15) is 0 Å². The molecule has 0 bridgehead atoms. The summed E-state index contributed by atoms with van der Waals surface area (Å²) in [6.07, 6.45) is 0.408. The normalized spacial score (nSPS) is 20.8.